The number of benzene rings is 1. The monoisotopic (exact) mass is 210 g/mol. The summed E-state index contributed by atoms with van der Waals surface area (Å²) < 4.78 is 0. The van der Waals surface area contributed by atoms with Crippen molar-refractivity contribution >= 4 is 11.6 Å². The molecule has 0 saturated heterocycles. The summed E-state index contributed by atoms with van der Waals surface area (Å²) in [7, 11) is 0. The van der Waals surface area contributed by atoms with E-state index >= 15 is 0 Å². The van der Waals surface area contributed by atoms with E-state index in [-0.39, 0.29) is 6.04 Å². The molecule has 0 fully saturated rings. The van der Waals surface area contributed by atoms with Crippen molar-refractivity contribution < 1.29 is 0 Å². The van der Waals surface area contributed by atoms with Crippen LogP contribution in [0.15, 0.2) is 30.4 Å². The molecule has 3 heteroatoms. The number of aryl methyl sites for hydroxylation is 1. The fourth-order valence-electron chi connectivity index (χ4n) is 1.42. The molecule has 1 unspecified atom stereocenters. The van der Waals surface area contributed by atoms with Crippen LogP contribution in [0.5, 0.6) is 0 Å². The van der Waals surface area contributed by atoms with Gasteiger partial charge < -0.3 is 0 Å². The first-order valence-corrected chi connectivity index (χ1v) is 4.81. The van der Waals surface area contributed by atoms with E-state index in [1.165, 1.54) is 0 Å². The molecule has 0 amide bonds. The molecule has 0 aromatic heterocycles. The molecule has 0 heterocycles. The van der Waals surface area contributed by atoms with Gasteiger partial charge in [-0.05, 0) is 37.1 Å². The van der Waals surface area contributed by atoms with Gasteiger partial charge in [-0.1, -0.05) is 29.8 Å². The summed E-state index contributed by atoms with van der Waals surface area (Å²) >= 11 is 5.92. The first-order valence-electron chi connectivity index (χ1n) is 4.44. The van der Waals surface area contributed by atoms with Crippen LogP contribution in [0.1, 0.15) is 24.1 Å². The number of hydrazine groups is 1. The lowest BCUT2D eigenvalue weighted by Gasteiger charge is -2.18. The van der Waals surface area contributed by atoms with Crippen molar-refractivity contribution in [3.05, 3.63) is 46.5 Å². The maximum atomic E-state index is 5.92. The molecule has 1 rings (SSSR count). The number of rotatable bonds is 3. The Balaban J connectivity index is 3.15. The van der Waals surface area contributed by atoms with Gasteiger partial charge >= 0.3 is 0 Å². The van der Waals surface area contributed by atoms with Gasteiger partial charge in [0.25, 0.3) is 0 Å². The quantitative estimate of drug-likeness (QED) is 0.458. The predicted octanol–water partition coefficient (Wildman–Crippen LogP) is 2.73. The fourth-order valence-corrected chi connectivity index (χ4v) is 1.60. The Morgan fingerprint density at radius 1 is 1.57 bits per heavy atom. The molecular formula is C11H15ClN2. The molecule has 14 heavy (non-hydrogen) atoms. The van der Waals surface area contributed by atoms with E-state index in [4.69, 9.17) is 17.4 Å². The molecule has 1 atom stereocenters. The maximum Gasteiger partial charge on any atom is 0.0667 e. The Kier molecular flexibility index (Phi) is 3.69. The van der Waals surface area contributed by atoms with E-state index in [1.807, 2.05) is 32.0 Å². The number of halogens is 1. The van der Waals surface area contributed by atoms with Gasteiger partial charge in [0, 0.05) is 5.02 Å². The maximum absolute atomic E-state index is 5.92. The number of hydrogen-bond donors (Lipinski definition) is 2. The topological polar surface area (TPSA) is 38.0 Å². The van der Waals surface area contributed by atoms with Gasteiger partial charge in [-0.15, -0.1) is 0 Å². The second-order valence-electron chi connectivity index (χ2n) is 3.45. The van der Waals surface area contributed by atoms with E-state index in [1.54, 1.807) is 0 Å². The van der Waals surface area contributed by atoms with Crippen LogP contribution in [0.25, 0.3) is 0 Å². The first-order chi connectivity index (χ1) is 6.56. The second kappa shape index (κ2) is 4.60. The van der Waals surface area contributed by atoms with Crippen LogP contribution in [0, 0.1) is 6.92 Å². The molecule has 0 aliphatic rings. The highest BCUT2D eigenvalue weighted by atomic mass is 35.5. The second-order valence-corrected chi connectivity index (χ2v) is 3.88. The fraction of sp³-hybridized carbons (Fsp3) is 0.273. The van der Waals surface area contributed by atoms with E-state index in [9.17, 15) is 0 Å². The molecule has 0 aliphatic heterocycles. The van der Waals surface area contributed by atoms with Crippen molar-refractivity contribution in [3.63, 3.8) is 0 Å². The molecule has 0 radical (unpaired) electrons. The molecule has 76 valence electrons. The van der Waals surface area contributed by atoms with E-state index in [0.29, 0.717) is 5.02 Å². The molecule has 0 spiro atoms. The molecule has 1 aromatic rings. The Morgan fingerprint density at radius 2 is 2.21 bits per heavy atom. The highest BCUT2D eigenvalue weighted by molar-refractivity contribution is 6.30. The van der Waals surface area contributed by atoms with Crippen molar-refractivity contribution in [3.8, 4) is 0 Å². The Morgan fingerprint density at radius 3 is 2.71 bits per heavy atom. The van der Waals surface area contributed by atoms with Crippen LogP contribution in [0.3, 0.4) is 0 Å². The number of hydrogen-bond acceptors (Lipinski definition) is 2. The van der Waals surface area contributed by atoms with Gasteiger partial charge in [-0.2, -0.15) is 0 Å². The van der Waals surface area contributed by atoms with E-state index < -0.39 is 0 Å². The lowest BCUT2D eigenvalue weighted by Crippen LogP contribution is -2.29. The zero-order valence-electron chi connectivity index (χ0n) is 8.47. The molecule has 0 saturated carbocycles. The van der Waals surface area contributed by atoms with Crippen LogP contribution in [-0.2, 0) is 0 Å². The zero-order chi connectivity index (χ0) is 10.7. The smallest absolute Gasteiger partial charge is 0.0667 e. The highest BCUT2D eigenvalue weighted by Crippen LogP contribution is 2.25. The first kappa shape index (κ1) is 11.2. The number of nitrogens with two attached hydrogens (primary N) is 1. The summed E-state index contributed by atoms with van der Waals surface area (Å²) in [4.78, 5) is 0. The van der Waals surface area contributed by atoms with Gasteiger partial charge in [-0.3, -0.25) is 5.84 Å². The van der Waals surface area contributed by atoms with Crippen LogP contribution in [0.4, 0.5) is 0 Å². The van der Waals surface area contributed by atoms with Gasteiger partial charge in [0.1, 0.15) is 0 Å². The predicted molar refractivity (Wildman–Crippen MR) is 61.1 cm³/mol. The summed E-state index contributed by atoms with van der Waals surface area (Å²) in [6.07, 6.45) is 0. The van der Waals surface area contributed by atoms with E-state index in [0.717, 1.165) is 16.7 Å². The molecular weight excluding hydrogens is 196 g/mol. The van der Waals surface area contributed by atoms with Crippen molar-refractivity contribution in [2.45, 2.75) is 19.9 Å². The molecule has 2 nitrogen and oxygen atoms in total. The standard InChI is InChI=1S/C11H15ClN2/c1-7(2)11(14-13)10-6-9(12)5-4-8(10)3/h4-6,11,14H,1,13H2,2-3H3. The largest absolute Gasteiger partial charge is 0.271 e. The third-order valence-electron chi connectivity index (χ3n) is 2.21. The lowest BCUT2D eigenvalue weighted by molar-refractivity contribution is 0.624. The molecule has 0 bridgehead atoms. The van der Waals surface area contributed by atoms with Crippen molar-refractivity contribution in [2.24, 2.45) is 5.84 Å². The number of nitrogens with one attached hydrogen (secondary N) is 1. The third-order valence-corrected chi connectivity index (χ3v) is 2.45. The van der Waals surface area contributed by atoms with Gasteiger partial charge in [0.05, 0.1) is 6.04 Å². The lowest BCUT2D eigenvalue weighted by atomic mass is 9.97. The van der Waals surface area contributed by atoms with Crippen LogP contribution in [-0.4, -0.2) is 0 Å². The van der Waals surface area contributed by atoms with Crippen LogP contribution >= 0.6 is 11.6 Å². The third kappa shape index (κ3) is 2.35. The van der Waals surface area contributed by atoms with Gasteiger partial charge in [-0.25, -0.2) is 5.43 Å². The SMILES string of the molecule is C=C(C)C(NN)c1cc(Cl)ccc1C. The molecule has 1 aromatic carbocycles. The van der Waals surface area contributed by atoms with Crippen molar-refractivity contribution in [1.82, 2.24) is 5.43 Å². The highest BCUT2D eigenvalue weighted by Gasteiger charge is 2.12. The summed E-state index contributed by atoms with van der Waals surface area (Å²) in [6.45, 7) is 7.85. The van der Waals surface area contributed by atoms with Crippen molar-refractivity contribution in [1.29, 1.82) is 0 Å². The molecule has 0 aliphatic carbocycles. The minimum Gasteiger partial charge on any atom is -0.271 e. The average molecular weight is 211 g/mol. The Bertz CT molecular complexity index is 347. The zero-order valence-corrected chi connectivity index (χ0v) is 9.23. The van der Waals surface area contributed by atoms with Crippen LogP contribution < -0.4 is 11.3 Å². The summed E-state index contributed by atoms with van der Waals surface area (Å²) in [5, 5.41) is 0.715. The minimum absolute atomic E-state index is 0.0336. The Labute approximate surface area is 89.7 Å². The summed E-state index contributed by atoms with van der Waals surface area (Å²) in [6, 6.07) is 5.72. The Hall–Kier alpha value is -0.830. The van der Waals surface area contributed by atoms with Gasteiger partial charge in [0.15, 0.2) is 0 Å². The van der Waals surface area contributed by atoms with E-state index in [2.05, 4.69) is 12.0 Å². The average Bonchev–Trinajstić information content (AvgIpc) is 2.11. The van der Waals surface area contributed by atoms with Gasteiger partial charge in [0.2, 0.25) is 0 Å². The summed E-state index contributed by atoms with van der Waals surface area (Å²) in [5.41, 5.74) is 5.93. The minimum atomic E-state index is -0.0336. The van der Waals surface area contributed by atoms with Crippen LogP contribution in [0.2, 0.25) is 5.02 Å². The summed E-state index contributed by atoms with van der Waals surface area (Å²) in [5.74, 6) is 5.47. The normalized spacial score (nSPS) is 12.6. The van der Waals surface area contributed by atoms with Crippen molar-refractivity contribution in [2.75, 3.05) is 0 Å². The molecule has 3 N–H and O–H groups in total.